The van der Waals surface area contributed by atoms with Crippen LogP contribution >= 0.6 is 0 Å². The third kappa shape index (κ3) is 2.35. The molecule has 0 radical (unpaired) electrons. The van der Waals surface area contributed by atoms with Crippen LogP contribution in [0.15, 0.2) is 17.0 Å². The van der Waals surface area contributed by atoms with Crippen molar-refractivity contribution in [2.24, 2.45) is 0 Å². The van der Waals surface area contributed by atoms with Crippen molar-refractivity contribution in [1.82, 2.24) is 10.3 Å². The highest BCUT2D eigenvalue weighted by molar-refractivity contribution is 4.92. The summed E-state index contributed by atoms with van der Waals surface area (Å²) in [7, 11) is 0. The zero-order valence-electron chi connectivity index (χ0n) is 8.75. The molecule has 0 unspecified atom stereocenters. The number of hydrogen-bond acceptors (Lipinski definition) is 3. The summed E-state index contributed by atoms with van der Waals surface area (Å²) in [6.45, 7) is 3.11. The summed E-state index contributed by atoms with van der Waals surface area (Å²) >= 11 is 0. The SMILES string of the molecule is CC1(NCc2cnco2)CCCCC1. The molecule has 0 amide bonds. The molecule has 0 atom stereocenters. The summed E-state index contributed by atoms with van der Waals surface area (Å²) in [5.74, 6) is 0.928. The number of rotatable bonds is 3. The minimum Gasteiger partial charge on any atom is -0.447 e. The summed E-state index contributed by atoms with van der Waals surface area (Å²) < 4.78 is 5.20. The lowest BCUT2D eigenvalue weighted by Crippen LogP contribution is -2.43. The highest BCUT2D eigenvalue weighted by Crippen LogP contribution is 2.27. The molecule has 1 aromatic rings. The van der Waals surface area contributed by atoms with Crippen molar-refractivity contribution < 1.29 is 4.42 Å². The van der Waals surface area contributed by atoms with Crippen molar-refractivity contribution >= 4 is 0 Å². The van der Waals surface area contributed by atoms with E-state index in [9.17, 15) is 0 Å². The van der Waals surface area contributed by atoms with E-state index >= 15 is 0 Å². The van der Waals surface area contributed by atoms with Crippen LogP contribution in [0, 0.1) is 0 Å². The van der Waals surface area contributed by atoms with E-state index in [2.05, 4.69) is 17.2 Å². The summed E-state index contributed by atoms with van der Waals surface area (Å²) in [4.78, 5) is 3.90. The molecule has 1 aromatic heterocycles. The molecular weight excluding hydrogens is 176 g/mol. The second-order valence-corrected chi connectivity index (χ2v) is 4.44. The third-order valence-electron chi connectivity index (χ3n) is 3.13. The van der Waals surface area contributed by atoms with Crippen LogP contribution in [0.25, 0.3) is 0 Å². The van der Waals surface area contributed by atoms with Crippen molar-refractivity contribution in [2.45, 2.75) is 51.1 Å². The van der Waals surface area contributed by atoms with Gasteiger partial charge in [-0.1, -0.05) is 19.3 Å². The minimum absolute atomic E-state index is 0.311. The first-order chi connectivity index (χ1) is 6.79. The van der Waals surface area contributed by atoms with Crippen LogP contribution in [0.3, 0.4) is 0 Å². The Bertz CT molecular complexity index is 263. The van der Waals surface area contributed by atoms with Gasteiger partial charge in [0.25, 0.3) is 0 Å². The molecule has 0 aromatic carbocycles. The van der Waals surface area contributed by atoms with Gasteiger partial charge in [0.2, 0.25) is 0 Å². The summed E-state index contributed by atoms with van der Waals surface area (Å²) in [5.41, 5.74) is 0.311. The maximum absolute atomic E-state index is 5.20. The quantitative estimate of drug-likeness (QED) is 0.803. The van der Waals surface area contributed by atoms with Crippen LogP contribution in [0.5, 0.6) is 0 Å². The molecule has 0 aliphatic heterocycles. The Morgan fingerprint density at radius 2 is 2.21 bits per heavy atom. The predicted octanol–water partition coefficient (Wildman–Crippen LogP) is 2.49. The molecule has 1 heterocycles. The molecule has 0 saturated heterocycles. The molecule has 0 spiro atoms. The zero-order chi connectivity index (χ0) is 9.86. The first-order valence-corrected chi connectivity index (χ1v) is 5.41. The first-order valence-electron chi connectivity index (χ1n) is 5.41. The van der Waals surface area contributed by atoms with Crippen LogP contribution in [0.4, 0.5) is 0 Å². The molecule has 3 nitrogen and oxygen atoms in total. The molecule has 1 N–H and O–H groups in total. The fourth-order valence-electron chi connectivity index (χ4n) is 2.14. The largest absolute Gasteiger partial charge is 0.447 e. The van der Waals surface area contributed by atoms with Gasteiger partial charge in [-0.3, -0.25) is 0 Å². The Morgan fingerprint density at radius 1 is 1.43 bits per heavy atom. The zero-order valence-corrected chi connectivity index (χ0v) is 8.75. The lowest BCUT2D eigenvalue weighted by Gasteiger charge is -2.34. The van der Waals surface area contributed by atoms with Gasteiger partial charge in [-0.25, -0.2) is 4.98 Å². The number of nitrogens with one attached hydrogen (secondary N) is 1. The smallest absolute Gasteiger partial charge is 0.180 e. The average molecular weight is 194 g/mol. The van der Waals surface area contributed by atoms with Crippen LogP contribution < -0.4 is 5.32 Å². The normalized spacial score (nSPS) is 20.9. The van der Waals surface area contributed by atoms with E-state index in [1.807, 2.05) is 0 Å². The van der Waals surface area contributed by atoms with Crippen molar-refractivity contribution in [2.75, 3.05) is 0 Å². The van der Waals surface area contributed by atoms with Gasteiger partial charge in [0.15, 0.2) is 6.39 Å². The second kappa shape index (κ2) is 4.13. The average Bonchev–Trinajstić information content (AvgIpc) is 2.69. The molecule has 1 aliphatic carbocycles. The second-order valence-electron chi connectivity index (χ2n) is 4.44. The fourth-order valence-corrected chi connectivity index (χ4v) is 2.14. The highest BCUT2D eigenvalue weighted by Gasteiger charge is 2.25. The van der Waals surface area contributed by atoms with Gasteiger partial charge in [-0.15, -0.1) is 0 Å². The molecule has 2 rings (SSSR count). The standard InChI is InChI=1S/C11H18N2O/c1-11(5-3-2-4-6-11)13-8-10-7-12-9-14-10/h7,9,13H,2-6,8H2,1H3. The minimum atomic E-state index is 0.311. The van der Waals surface area contributed by atoms with Crippen molar-refractivity contribution in [3.05, 3.63) is 18.4 Å². The molecule has 78 valence electrons. The van der Waals surface area contributed by atoms with Gasteiger partial charge in [0.1, 0.15) is 5.76 Å². The van der Waals surface area contributed by atoms with Gasteiger partial charge >= 0.3 is 0 Å². The van der Waals surface area contributed by atoms with E-state index in [0.29, 0.717) is 5.54 Å². The van der Waals surface area contributed by atoms with Crippen molar-refractivity contribution in [1.29, 1.82) is 0 Å². The highest BCUT2D eigenvalue weighted by atomic mass is 16.3. The molecule has 1 aliphatic rings. The maximum atomic E-state index is 5.20. The summed E-state index contributed by atoms with van der Waals surface area (Å²) in [5, 5.41) is 3.57. The number of hydrogen-bond donors (Lipinski definition) is 1. The van der Waals surface area contributed by atoms with Crippen LogP contribution in [-0.4, -0.2) is 10.5 Å². The van der Waals surface area contributed by atoms with E-state index in [1.165, 1.54) is 38.5 Å². The lowest BCUT2D eigenvalue weighted by molar-refractivity contribution is 0.245. The summed E-state index contributed by atoms with van der Waals surface area (Å²) in [6.07, 6.45) is 9.90. The number of nitrogens with zero attached hydrogens (tertiary/aromatic N) is 1. The summed E-state index contributed by atoms with van der Waals surface area (Å²) in [6, 6.07) is 0. The Hall–Kier alpha value is -0.830. The monoisotopic (exact) mass is 194 g/mol. The van der Waals surface area contributed by atoms with Gasteiger partial charge in [0.05, 0.1) is 12.7 Å². The van der Waals surface area contributed by atoms with Crippen molar-refractivity contribution in [3.63, 3.8) is 0 Å². The first kappa shape index (κ1) is 9.71. The topological polar surface area (TPSA) is 38.1 Å². The molecule has 1 fully saturated rings. The third-order valence-corrected chi connectivity index (χ3v) is 3.13. The molecule has 1 saturated carbocycles. The predicted molar refractivity (Wildman–Crippen MR) is 54.8 cm³/mol. The van der Waals surface area contributed by atoms with Crippen LogP contribution in [0.2, 0.25) is 0 Å². The van der Waals surface area contributed by atoms with Crippen LogP contribution in [0.1, 0.15) is 44.8 Å². The lowest BCUT2D eigenvalue weighted by atomic mass is 9.83. The Labute approximate surface area is 84.9 Å². The fraction of sp³-hybridized carbons (Fsp3) is 0.727. The van der Waals surface area contributed by atoms with Crippen molar-refractivity contribution in [3.8, 4) is 0 Å². The van der Waals surface area contributed by atoms with E-state index in [-0.39, 0.29) is 0 Å². The van der Waals surface area contributed by atoms with Gasteiger partial charge in [-0.2, -0.15) is 0 Å². The van der Waals surface area contributed by atoms with Gasteiger partial charge in [0, 0.05) is 5.54 Å². The molecular formula is C11H18N2O. The maximum Gasteiger partial charge on any atom is 0.180 e. The van der Waals surface area contributed by atoms with Crippen LogP contribution in [-0.2, 0) is 6.54 Å². The number of aromatic nitrogens is 1. The molecule has 0 bridgehead atoms. The van der Waals surface area contributed by atoms with E-state index in [0.717, 1.165) is 12.3 Å². The molecule has 3 heteroatoms. The van der Waals surface area contributed by atoms with Gasteiger partial charge < -0.3 is 9.73 Å². The van der Waals surface area contributed by atoms with E-state index in [4.69, 9.17) is 4.42 Å². The Balaban J connectivity index is 1.84. The Kier molecular flexibility index (Phi) is 2.87. The Morgan fingerprint density at radius 3 is 2.86 bits per heavy atom. The molecule has 14 heavy (non-hydrogen) atoms. The number of oxazole rings is 1. The van der Waals surface area contributed by atoms with Gasteiger partial charge in [-0.05, 0) is 19.8 Å². The van der Waals surface area contributed by atoms with E-state index < -0.39 is 0 Å². The van der Waals surface area contributed by atoms with E-state index in [1.54, 1.807) is 6.20 Å².